The van der Waals surface area contributed by atoms with Gasteiger partial charge in [0.05, 0.1) is 32.7 Å². The summed E-state index contributed by atoms with van der Waals surface area (Å²) in [6, 6.07) is 15.9. The molecule has 2 saturated heterocycles. The fraction of sp³-hybridized carbons (Fsp3) is 0.409. The second-order valence-electron chi connectivity index (χ2n) is 7.51. The van der Waals surface area contributed by atoms with Crippen LogP contribution in [0.15, 0.2) is 48.5 Å². The van der Waals surface area contributed by atoms with Crippen molar-refractivity contribution in [3.05, 3.63) is 54.1 Å². The molecule has 5 rings (SSSR count). The molecule has 0 atom stereocenters. The number of hydrogen-bond donors (Lipinski definition) is 0. The van der Waals surface area contributed by atoms with Gasteiger partial charge in [-0.2, -0.15) is 0 Å². The number of ether oxygens (including phenoxy) is 3. The first-order valence-corrected chi connectivity index (χ1v) is 10.0. The summed E-state index contributed by atoms with van der Waals surface area (Å²) in [7, 11) is 1.68. The summed E-state index contributed by atoms with van der Waals surface area (Å²) in [5, 5.41) is 0. The zero-order chi connectivity index (χ0) is 19.8. The average Bonchev–Trinajstić information content (AvgIpc) is 3.36. The molecule has 3 aliphatic heterocycles. The predicted octanol–water partition coefficient (Wildman–Crippen LogP) is 2.02. The third-order valence-corrected chi connectivity index (χ3v) is 5.92. The first-order chi connectivity index (χ1) is 14.2. The topological polar surface area (TPSA) is 54.5 Å². The minimum Gasteiger partial charge on any atom is -0.497 e. The molecule has 152 valence electrons. The molecule has 3 heterocycles. The summed E-state index contributed by atoms with van der Waals surface area (Å²) >= 11 is 0. The Hall–Kier alpha value is -2.61. The molecular formula is C22H25N3O4. The summed E-state index contributed by atoms with van der Waals surface area (Å²) in [5.74, 6) is -0.501. The average molecular weight is 395 g/mol. The highest BCUT2D eigenvalue weighted by atomic mass is 16.7. The maximum Gasteiger partial charge on any atom is 0.293 e. The van der Waals surface area contributed by atoms with E-state index >= 15 is 0 Å². The molecule has 2 aromatic carbocycles. The monoisotopic (exact) mass is 395 g/mol. The number of fused-ring (bicyclic) bond motifs is 2. The van der Waals surface area contributed by atoms with Crippen LogP contribution >= 0.6 is 0 Å². The Morgan fingerprint density at radius 3 is 2.34 bits per heavy atom. The Labute approximate surface area is 170 Å². The highest BCUT2D eigenvalue weighted by Gasteiger charge is 2.56. The van der Waals surface area contributed by atoms with Gasteiger partial charge in [0.1, 0.15) is 5.75 Å². The molecule has 7 heteroatoms. The number of hydrogen-bond acceptors (Lipinski definition) is 6. The van der Waals surface area contributed by atoms with Gasteiger partial charge < -0.3 is 19.1 Å². The number of carbonyl (C=O) groups excluding carboxylic acids is 1. The molecule has 0 unspecified atom stereocenters. The van der Waals surface area contributed by atoms with Crippen LogP contribution in [0.25, 0.3) is 0 Å². The Bertz CT molecular complexity index is 887. The number of methoxy groups -OCH3 is 1. The van der Waals surface area contributed by atoms with Crippen LogP contribution in [0.1, 0.15) is 5.56 Å². The zero-order valence-electron chi connectivity index (χ0n) is 16.5. The molecule has 1 spiro atoms. The fourth-order valence-corrected chi connectivity index (χ4v) is 4.36. The van der Waals surface area contributed by atoms with E-state index in [0.29, 0.717) is 19.9 Å². The number of carbonyl (C=O) groups is 1. The minimum atomic E-state index is -1.25. The van der Waals surface area contributed by atoms with Gasteiger partial charge in [-0.05, 0) is 30.3 Å². The van der Waals surface area contributed by atoms with Crippen LogP contribution in [-0.2, 0) is 20.1 Å². The molecular weight excluding hydrogens is 370 g/mol. The number of amides is 1. The second kappa shape index (κ2) is 7.33. The van der Waals surface area contributed by atoms with Crippen molar-refractivity contribution in [1.82, 2.24) is 4.90 Å². The Morgan fingerprint density at radius 2 is 1.66 bits per heavy atom. The van der Waals surface area contributed by atoms with E-state index in [-0.39, 0.29) is 5.91 Å². The van der Waals surface area contributed by atoms with Crippen molar-refractivity contribution < 1.29 is 19.0 Å². The molecule has 0 radical (unpaired) electrons. The number of piperazine rings is 1. The number of anilines is 2. The van der Waals surface area contributed by atoms with E-state index in [1.165, 1.54) is 5.69 Å². The van der Waals surface area contributed by atoms with Crippen molar-refractivity contribution in [3.8, 4) is 5.75 Å². The van der Waals surface area contributed by atoms with Crippen molar-refractivity contribution in [2.45, 2.75) is 5.79 Å². The van der Waals surface area contributed by atoms with Crippen LogP contribution in [0.2, 0.25) is 0 Å². The van der Waals surface area contributed by atoms with E-state index in [2.05, 4.69) is 21.9 Å². The highest BCUT2D eigenvalue weighted by molar-refractivity contribution is 6.06. The van der Waals surface area contributed by atoms with Gasteiger partial charge in [0.2, 0.25) is 0 Å². The molecule has 3 aliphatic rings. The van der Waals surface area contributed by atoms with Gasteiger partial charge in [0, 0.05) is 37.4 Å². The van der Waals surface area contributed by atoms with E-state index < -0.39 is 5.79 Å². The van der Waals surface area contributed by atoms with Crippen molar-refractivity contribution in [1.29, 1.82) is 0 Å². The van der Waals surface area contributed by atoms with Gasteiger partial charge in [-0.15, -0.1) is 0 Å². The normalized spacial score (nSPS) is 21.1. The Kier molecular flexibility index (Phi) is 4.66. The summed E-state index contributed by atoms with van der Waals surface area (Å²) < 4.78 is 16.8. The zero-order valence-corrected chi connectivity index (χ0v) is 16.5. The lowest BCUT2D eigenvalue weighted by Crippen LogP contribution is -2.52. The lowest BCUT2D eigenvalue weighted by molar-refractivity contribution is -0.181. The SMILES string of the molecule is COc1ccc(N2CCN(CN3C(=O)C4(OCCO4)c4ccccc43)CC2)cc1. The van der Waals surface area contributed by atoms with Crippen molar-refractivity contribution in [2.24, 2.45) is 0 Å². The van der Waals surface area contributed by atoms with E-state index in [1.54, 1.807) is 7.11 Å². The minimum absolute atomic E-state index is 0.117. The van der Waals surface area contributed by atoms with Gasteiger partial charge in [-0.3, -0.25) is 14.6 Å². The van der Waals surface area contributed by atoms with Crippen molar-refractivity contribution >= 4 is 17.3 Å². The molecule has 0 aliphatic carbocycles. The molecule has 7 nitrogen and oxygen atoms in total. The van der Waals surface area contributed by atoms with Gasteiger partial charge in [0.15, 0.2) is 0 Å². The van der Waals surface area contributed by atoms with Crippen LogP contribution in [0, 0.1) is 0 Å². The van der Waals surface area contributed by atoms with Crippen LogP contribution in [0.4, 0.5) is 11.4 Å². The third kappa shape index (κ3) is 3.06. The van der Waals surface area contributed by atoms with Crippen molar-refractivity contribution in [3.63, 3.8) is 0 Å². The smallest absolute Gasteiger partial charge is 0.293 e. The largest absolute Gasteiger partial charge is 0.497 e. The molecule has 2 fully saturated rings. The molecule has 0 N–H and O–H groups in total. The number of para-hydroxylation sites is 1. The molecule has 1 amide bonds. The Morgan fingerprint density at radius 1 is 0.966 bits per heavy atom. The first kappa shape index (κ1) is 18.4. The molecule has 2 aromatic rings. The van der Waals surface area contributed by atoms with Gasteiger partial charge in [-0.25, -0.2) is 0 Å². The van der Waals surface area contributed by atoms with Gasteiger partial charge >= 0.3 is 0 Å². The van der Waals surface area contributed by atoms with Crippen LogP contribution in [-0.4, -0.2) is 64.0 Å². The molecule has 29 heavy (non-hydrogen) atoms. The Balaban J connectivity index is 1.27. The fourth-order valence-electron chi connectivity index (χ4n) is 4.36. The van der Waals surface area contributed by atoms with E-state index in [9.17, 15) is 4.79 Å². The summed E-state index contributed by atoms with van der Waals surface area (Å²) in [6.45, 7) is 5.01. The van der Waals surface area contributed by atoms with Crippen LogP contribution in [0.5, 0.6) is 5.75 Å². The molecule has 0 bridgehead atoms. The highest BCUT2D eigenvalue weighted by Crippen LogP contribution is 2.45. The third-order valence-electron chi connectivity index (χ3n) is 5.92. The van der Waals surface area contributed by atoms with Gasteiger partial charge in [-0.1, -0.05) is 18.2 Å². The maximum absolute atomic E-state index is 13.2. The lowest BCUT2D eigenvalue weighted by Gasteiger charge is -2.38. The number of benzene rings is 2. The number of nitrogens with zero attached hydrogens (tertiary/aromatic N) is 3. The maximum atomic E-state index is 13.2. The first-order valence-electron chi connectivity index (χ1n) is 10.0. The quantitative estimate of drug-likeness (QED) is 0.790. The van der Waals surface area contributed by atoms with E-state index in [0.717, 1.165) is 43.2 Å². The number of rotatable bonds is 4. The molecule has 0 saturated carbocycles. The van der Waals surface area contributed by atoms with E-state index in [1.807, 2.05) is 41.3 Å². The summed E-state index contributed by atoms with van der Waals surface area (Å²) in [5.41, 5.74) is 2.90. The van der Waals surface area contributed by atoms with E-state index in [4.69, 9.17) is 14.2 Å². The lowest BCUT2D eigenvalue weighted by atomic mass is 10.1. The summed E-state index contributed by atoms with van der Waals surface area (Å²) in [4.78, 5) is 19.7. The second-order valence-corrected chi connectivity index (χ2v) is 7.51. The summed E-state index contributed by atoms with van der Waals surface area (Å²) in [6.07, 6.45) is 0. The standard InChI is InChI=1S/C22H25N3O4/c1-27-18-8-6-17(7-9-18)24-12-10-23(11-13-24)16-25-20-5-3-2-4-19(20)22(21(25)26)28-14-15-29-22/h2-9H,10-16H2,1H3. The van der Waals surface area contributed by atoms with Gasteiger partial charge in [0.25, 0.3) is 11.7 Å². The van der Waals surface area contributed by atoms with Crippen molar-refractivity contribution in [2.75, 3.05) is 63.0 Å². The van der Waals surface area contributed by atoms with Crippen LogP contribution in [0.3, 0.4) is 0 Å². The predicted molar refractivity (Wildman–Crippen MR) is 109 cm³/mol. The van der Waals surface area contributed by atoms with Crippen LogP contribution < -0.4 is 14.5 Å². The molecule has 0 aromatic heterocycles.